The molecule has 0 aliphatic carbocycles. The Morgan fingerprint density at radius 3 is 2.03 bits per heavy atom. The maximum absolute atomic E-state index is 13.3. The second-order valence-corrected chi connectivity index (χ2v) is 11.2. The van der Waals surface area contributed by atoms with Crippen LogP contribution in [0.4, 0.5) is 5.95 Å². The first kappa shape index (κ1) is 27.9. The summed E-state index contributed by atoms with van der Waals surface area (Å²) in [4.78, 5) is 17.6. The average molecular weight is 478 g/mol. The summed E-state index contributed by atoms with van der Waals surface area (Å²) in [5, 5.41) is 33.1. The van der Waals surface area contributed by atoms with Gasteiger partial charge in [0, 0.05) is 23.2 Å². The van der Waals surface area contributed by atoms with Crippen molar-refractivity contribution in [1.82, 2.24) is 9.55 Å². The molecular weight excluding hydrogens is 438 g/mol. The highest BCUT2D eigenvalue weighted by Gasteiger charge is 2.28. The summed E-state index contributed by atoms with van der Waals surface area (Å²) in [7, 11) is 0. The number of ketones is 1. The third-order valence-corrected chi connectivity index (χ3v) is 6.55. The summed E-state index contributed by atoms with van der Waals surface area (Å²) in [6, 6.07) is 7.60. The third-order valence-electron chi connectivity index (χ3n) is 6.55. The largest absolute Gasteiger partial charge is 0.507 e. The van der Waals surface area contributed by atoms with Gasteiger partial charge in [0.1, 0.15) is 17.9 Å². The Balaban J connectivity index is 2.40. The Hall–Kier alpha value is -3.32. The van der Waals surface area contributed by atoms with Crippen molar-refractivity contribution >= 4 is 11.7 Å². The number of benzene rings is 1. The maximum Gasteiger partial charge on any atom is 0.205 e. The molecule has 1 aromatic heterocycles. The van der Waals surface area contributed by atoms with Crippen molar-refractivity contribution < 1.29 is 9.90 Å². The number of anilines is 1. The fourth-order valence-corrected chi connectivity index (χ4v) is 4.21. The normalized spacial score (nSPS) is 11.9. The van der Waals surface area contributed by atoms with Crippen LogP contribution in [0.3, 0.4) is 0 Å². The van der Waals surface area contributed by atoms with Crippen LogP contribution >= 0.6 is 0 Å². The highest BCUT2D eigenvalue weighted by atomic mass is 16.3. The number of nitrogens with one attached hydrogen (secondary N) is 1. The SMILES string of the molecule is CCC(CC)CCn1c(NCC(=O)c2cc(C(C)(C)C)c(O)c(C(C)(C)C)c2)nc(C#N)c1C#N. The number of rotatable bonds is 9. The lowest BCUT2D eigenvalue weighted by atomic mass is 9.78. The molecule has 2 rings (SSSR count). The molecule has 35 heavy (non-hydrogen) atoms. The lowest BCUT2D eigenvalue weighted by Gasteiger charge is -2.28. The third kappa shape index (κ3) is 6.42. The van der Waals surface area contributed by atoms with E-state index in [1.54, 1.807) is 16.7 Å². The zero-order valence-electron chi connectivity index (χ0n) is 22.4. The topological polar surface area (TPSA) is 115 Å². The van der Waals surface area contributed by atoms with Gasteiger partial charge >= 0.3 is 0 Å². The summed E-state index contributed by atoms with van der Waals surface area (Å²) in [5.41, 5.74) is 1.52. The fourth-order valence-electron chi connectivity index (χ4n) is 4.21. The molecule has 0 radical (unpaired) electrons. The first-order valence-electron chi connectivity index (χ1n) is 12.3. The van der Waals surface area contributed by atoms with E-state index in [2.05, 4.69) is 30.2 Å². The van der Waals surface area contributed by atoms with E-state index in [1.807, 2.05) is 47.6 Å². The summed E-state index contributed by atoms with van der Waals surface area (Å²) in [6.45, 7) is 16.8. The molecule has 2 N–H and O–H groups in total. The van der Waals surface area contributed by atoms with Gasteiger partial charge in [-0.3, -0.25) is 4.79 Å². The summed E-state index contributed by atoms with van der Waals surface area (Å²) < 4.78 is 1.71. The van der Waals surface area contributed by atoms with Gasteiger partial charge in [-0.15, -0.1) is 0 Å². The highest BCUT2D eigenvalue weighted by molar-refractivity contribution is 5.99. The molecule has 7 heteroatoms. The number of aromatic nitrogens is 2. The van der Waals surface area contributed by atoms with E-state index in [9.17, 15) is 20.4 Å². The molecule has 0 fully saturated rings. The molecule has 0 bridgehead atoms. The first-order valence-corrected chi connectivity index (χ1v) is 12.3. The van der Waals surface area contributed by atoms with Crippen LogP contribution in [0.15, 0.2) is 12.1 Å². The van der Waals surface area contributed by atoms with Gasteiger partial charge in [-0.05, 0) is 35.3 Å². The van der Waals surface area contributed by atoms with Crippen LogP contribution in [0.1, 0.15) is 108 Å². The molecule has 1 heterocycles. The van der Waals surface area contributed by atoms with E-state index in [0.717, 1.165) is 30.4 Å². The number of carbonyl (C=O) groups excluding carboxylic acids is 1. The quantitative estimate of drug-likeness (QED) is 0.425. The molecule has 7 nitrogen and oxygen atoms in total. The Morgan fingerprint density at radius 2 is 1.60 bits per heavy atom. The number of aromatic hydroxyl groups is 1. The predicted molar refractivity (Wildman–Crippen MR) is 139 cm³/mol. The molecule has 0 atom stereocenters. The van der Waals surface area contributed by atoms with E-state index in [-0.39, 0.29) is 40.3 Å². The molecule has 188 valence electrons. The smallest absolute Gasteiger partial charge is 0.205 e. The number of nitrogens with zero attached hydrogens (tertiary/aromatic N) is 4. The molecule has 0 aliphatic heterocycles. The second-order valence-electron chi connectivity index (χ2n) is 11.2. The van der Waals surface area contributed by atoms with E-state index in [1.165, 1.54) is 0 Å². The molecule has 0 amide bonds. The van der Waals surface area contributed by atoms with Crippen LogP contribution in [0.5, 0.6) is 5.75 Å². The van der Waals surface area contributed by atoms with Crippen molar-refractivity contribution in [2.45, 2.75) is 92.0 Å². The van der Waals surface area contributed by atoms with Gasteiger partial charge in [-0.25, -0.2) is 4.98 Å². The Morgan fingerprint density at radius 1 is 1.06 bits per heavy atom. The molecule has 1 aromatic carbocycles. The summed E-state index contributed by atoms with van der Waals surface area (Å²) in [6.07, 6.45) is 2.92. The van der Waals surface area contributed by atoms with Crippen molar-refractivity contribution in [1.29, 1.82) is 10.5 Å². The van der Waals surface area contributed by atoms with Crippen molar-refractivity contribution in [2.75, 3.05) is 11.9 Å². The van der Waals surface area contributed by atoms with E-state index in [4.69, 9.17) is 0 Å². The number of nitriles is 2. The van der Waals surface area contributed by atoms with Crippen molar-refractivity contribution in [3.8, 4) is 17.9 Å². The van der Waals surface area contributed by atoms with Gasteiger partial charge in [0.25, 0.3) is 0 Å². The van der Waals surface area contributed by atoms with Gasteiger partial charge < -0.3 is 15.0 Å². The zero-order chi connectivity index (χ0) is 26.6. The molecule has 0 saturated heterocycles. The van der Waals surface area contributed by atoms with Crippen LogP contribution < -0.4 is 5.32 Å². The molecule has 0 unspecified atom stereocenters. The summed E-state index contributed by atoms with van der Waals surface area (Å²) in [5.74, 6) is 0.923. The minimum atomic E-state index is -0.345. The van der Waals surface area contributed by atoms with Gasteiger partial charge in [0.2, 0.25) is 5.95 Å². The monoisotopic (exact) mass is 477 g/mol. The maximum atomic E-state index is 13.3. The lowest BCUT2D eigenvalue weighted by Crippen LogP contribution is -2.22. The van der Waals surface area contributed by atoms with E-state index < -0.39 is 0 Å². The number of phenolic OH excluding ortho intramolecular Hbond substituents is 1. The van der Waals surface area contributed by atoms with E-state index >= 15 is 0 Å². The van der Waals surface area contributed by atoms with Crippen LogP contribution in [0, 0.1) is 28.6 Å². The Bertz CT molecular complexity index is 1110. The Kier molecular flexibility index (Phi) is 8.74. The van der Waals surface area contributed by atoms with Crippen LogP contribution in [-0.4, -0.2) is 27.0 Å². The first-order chi connectivity index (χ1) is 16.3. The molecule has 0 spiro atoms. The average Bonchev–Trinajstić information content (AvgIpc) is 3.13. The standard InChI is InChI=1S/C28H39N5O2/c1-9-18(10-2)11-12-33-23(16-30)22(15-29)32-26(33)31-17-24(34)19-13-20(27(3,4)5)25(35)21(14-19)28(6,7)8/h13-14,18,35H,9-12,17H2,1-8H3,(H,31,32). The minimum absolute atomic E-state index is 0.0460. The zero-order valence-corrected chi connectivity index (χ0v) is 22.4. The number of phenols is 1. The number of imidazole rings is 1. The van der Waals surface area contributed by atoms with Gasteiger partial charge in [0.15, 0.2) is 17.2 Å². The van der Waals surface area contributed by atoms with Gasteiger partial charge in [-0.1, -0.05) is 68.2 Å². The molecule has 2 aromatic rings. The van der Waals surface area contributed by atoms with Crippen molar-refractivity contribution in [2.24, 2.45) is 5.92 Å². The Labute approximate surface area is 209 Å². The lowest BCUT2D eigenvalue weighted by molar-refractivity contribution is 0.101. The van der Waals surface area contributed by atoms with Crippen LogP contribution in [-0.2, 0) is 17.4 Å². The van der Waals surface area contributed by atoms with Gasteiger partial charge in [-0.2, -0.15) is 10.5 Å². The number of hydrogen-bond acceptors (Lipinski definition) is 6. The van der Waals surface area contributed by atoms with Gasteiger partial charge in [0.05, 0.1) is 6.54 Å². The highest BCUT2D eigenvalue weighted by Crippen LogP contribution is 2.39. The molecule has 0 saturated carbocycles. The molecule has 0 aliphatic rings. The van der Waals surface area contributed by atoms with Crippen LogP contribution in [0.2, 0.25) is 0 Å². The van der Waals surface area contributed by atoms with Crippen molar-refractivity contribution in [3.05, 3.63) is 40.2 Å². The fraction of sp³-hybridized carbons (Fsp3) is 0.571. The predicted octanol–water partition coefficient (Wildman–Crippen LogP) is 6.05. The number of Topliss-reactive ketones (excluding diaryl/α,β-unsaturated/α-hetero) is 1. The van der Waals surface area contributed by atoms with Crippen LogP contribution in [0.25, 0.3) is 0 Å². The molecular formula is C28H39N5O2. The number of carbonyl (C=O) groups is 1. The summed E-state index contributed by atoms with van der Waals surface area (Å²) >= 11 is 0. The number of hydrogen-bond donors (Lipinski definition) is 2. The minimum Gasteiger partial charge on any atom is -0.507 e. The second kappa shape index (κ2) is 11.0. The van der Waals surface area contributed by atoms with Crippen molar-refractivity contribution in [3.63, 3.8) is 0 Å². The van der Waals surface area contributed by atoms with E-state index in [0.29, 0.717) is 24.0 Å².